The first kappa shape index (κ1) is 20.4. The summed E-state index contributed by atoms with van der Waals surface area (Å²) in [6.07, 6.45) is 0.891. The fourth-order valence-corrected chi connectivity index (χ4v) is 1.40. The Morgan fingerprint density at radius 2 is 2.00 bits per heavy atom. The summed E-state index contributed by atoms with van der Waals surface area (Å²) in [5, 5.41) is 6.35. The number of nitrogens with one attached hydrogen (secondary N) is 2. The third kappa shape index (κ3) is 12.2. The summed E-state index contributed by atoms with van der Waals surface area (Å²) >= 11 is 0. The molecule has 1 amide bonds. The van der Waals surface area contributed by atoms with E-state index in [4.69, 9.17) is 4.74 Å². The van der Waals surface area contributed by atoms with Crippen molar-refractivity contribution in [3.05, 3.63) is 12.2 Å². The quantitative estimate of drug-likeness (QED) is 0.276. The molecular formula is C16H32N4O2. The molecule has 0 rings (SSSR count). The molecule has 6 heteroatoms. The van der Waals surface area contributed by atoms with E-state index in [1.54, 1.807) is 14.1 Å². The Balaban J connectivity index is 4.15. The van der Waals surface area contributed by atoms with Gasteiger partial charge in [0, 0.05) is 40.4 Å². The molecule has 0 heterocycles. The zero-order valence-corrected chi connectivity index (χ0v) is 14.7. The minimum atomic E-state index is -0.0308. The van der Waals surface area contributed by atoms with Crippen molar-refractivity contribution >= 4 is 11.9 Å². The van der Waals surface area contributed by atoms with E-state index in [0.29, 0.717) is 18.4 Å². The van der Waals surface area contributed by atoms with Crippen molar-refractivity contribution in [1.29, 1.82) is 0 Å². The van der Waals surface area contributed by atoms with Crippen LogP contribution in [0.5, 0.6) is 0 Å². The van der Waals surface area contributed by atoms with E-state index in [0.717, 1.165) is 31.8 Å². The zero-order chi connectivity index (χ0) is 17.0. The number of hydrogen-bond donors (Lipinski definition) is 2. The standard InChI is InChI=1S/C16H32N4O2/c1-13(2)10-18-16(19-11-15(21)20(5)6)17-8-7-9-22-12-14(3)4/h14H,1,7-12H2,2-6H3,(H2,17,18,19). The smallest absolute Gasteiger partial charge is 0.243 e. The van der Waals surface area contributed by atoms with E-state index in [1.165, 1.54) is 4.90 Å². The molecule has 0 spiro atoms. The van der Waals surface area contributed by atoms with Gasteiger partial charge in [0.15, 0.2) is 5.96 Å². The molecule has 0 aromatic rings. The van der Waals surface area contributed by atoms with Gasteiger partial charge in [0.2, 0.25) is 5.91 Å². The molecule has 0 aromatic carbocycles. The van der Waals surface area contributed by atoms with Gasteiger partial charge in [-0.3, -0.25) is 4.79 Å². The Morgan fingerprint density at radius 3 is 2.55 bits per heavy atom. The predicted octanol–water partition coefficient (Wildman–Crippen LogP) is 1.25. The van der Waals surface area contributed by atoms with Crippen molar-refractivity contribution in [3.8, 4) is 0 Å². The van der Waals surface area contributed by atoms with Crippen LogP contribution in [0.1, 0.15) is 27.2 Å². The lowest BCUT2D eigenvalue weighted by molar-refractivity contribution is -0.127. The Labute approximate surface area is 135 Å². The second-order valence-electron chi connectivity index (χ2n) is 6.01. The third-order valence-electron chi connectivity index (χ3n) is 2.64. The minimum absolute atomic E-state index is 0.0308. The summed E-state index contributed by atoms with van der Waals surface area (Å²) in [6, 6.07) is 0. The van der Waals surface area contributed by atoms with Gasteiger partial charge in [-0.15, -0.1) is 0 Å². The topological polar surface area (TPSA) is 66.0 Å². The van der Waals surface area contributed by atoms with E-state index >= 15 is 0 Å². The van der Waals surface area contributed by atoms with Crippen LogP contribution in [0.25, 0.3) is 0 Å². The number of hydrogen-bond acceptors (Lipinski definition) is 3. The Morgan fingerprint density at radius 1 is 1.32 bits per heavy atom. The number of carbonyl (C=O) groups is 1. The van der Waals surface area contributed by atoms with Crippen molar-refractivity contribution < 1.29 is 9.53 Å². The van der Waals surface area contributed by atoms with Crippen LogP contribution in [0.4, 0.5) is 0 Å². The second kappa shape index (κ2) is 12.0. The summed E-state index contributed by atoms with van der Waals surface area (Å²) in [5.41, 5.74) is 1.01. The molecule has 0 unspecified atom stereocenters. The van der Waals surface area contributed by atoms with Crippen LogP contribution in [-0.4, -0.2) is 63.7 Å². The van der Waals surface area contributed by atoms with Crippen molar-refractivity contribution in [2.45, 2.75) is 27.2 Å². The van der Waals surface area contributed by atoms with E-state index in [2.05, 4.69) is 36.1 Å². The molecule has 0 saturated carbocycles. The third-order valence-corrected chi connectivity index (χ3v) is 2.64. The molecule has 0 bridgehead atoms. The monoisotopic (exact) mass is 312 g/mol. The highest BCUT2D eigenvalue weighted by molar-refractivity contribution is 5.84. The molecule has 0 aliphatic carbocycles. The van der Waals surface area contributed by atoms with Gasteiger partial charge in [-0.25, -0.2) is 4.99 Å². The summed E-state index contributed by atoms with van der Waals surface area (Å²) < 4.78 is 5.53. The SMILES string of the molecule is C=C(C)CNC(=NCC(=O)N(C)C)NCCCOCC(C)C. The van der Waals surface area contributed by atoms with Crippen LogP contribution < -0.4 is 10.6 Å². The molecule has 0 radical (unpaired) electrons. The second-order valence-corrected chi connectivity index (χ2v) is 6.01. The molecule has 0 aromatic heterocycles. The normalized spacial score (nSPS) is 11.5. The summed E-state index contributed by atoms with van der Waals surface area (Å²) in [5.74, 6) is 1.15. The van der Waals surface area contributed by atoms with Crippen LogP contribution >= 0.6 is 0 Å². The van der Waals surface area contributed by atoms with Crippen LogP contribution in [-0.2, 0) is 9.53 Å². The number of ether oxygens (including phenoxy) is 1. The zero-order valence-electron chi connectivity index (χ0n) is 14.7. The van der Waals surface area contributed by atoms with Gasteiger partial charge in [0.05, 0.1) is 0 Å². The van der Waals surface area contributed by atoms with Crippen molar-refractivity contribution in [1.82, 2.24) is 15.5 Å². The summed E-state index contributed by atoms with van der Waals surface area (Å²) in [4.78, 5) is 17.4. The van der Waals surface area contributed by atoms with E-state index in [1.807, 2.05) is 6.92 Å². The summed E-state index contributed by atoms with van der Waals surface area (Å²) in [7, 11) is 3.44. The van der Waals surface area contributed by atoms with Crippen LogP contribution in [0.3, 0.4) is 0 Å². The van der Waals surface area contributed by atoms with Crippen LogP contribution in [0.15, 0.2) is 17.1 Å². The average molecular weight is 312 g/mol. The fourth-order valence-electron chi connectivity index (χ4n) is 1.40. The predicted molar refractivity (Wildman–Crippen MR) is 92.1 cm³/mol. The number of nitrogens with zero attached hydrogens (tertiary/aromatic N) is 2. The van der Waals surface area contributed by atoms with E-state index in [9.17, 15) is 4.79 Å². The highest BCUT2D eigenvalue weighted by Gasteiger charge is 2.04. The number of carbonyl (C=O) groups excluding carboxylic acids is 1. The van der Waals surface area contributed by atoms with E-state index in [-0.39, 0.29) is 12.5 Å². The molecular weight excluding hydrogens is 280 g/mol. The molecule has 0 aliphatic heterocycles. The first-order valence-electron chi connectivity index (χ1n) is 7.77. The number of aliphatic imine (C=N–C) groups is 1. The minimum Gasteiger partial charge on any atom is -0.381 e. The Bertz CT molecular complexity index is 365. The van der Waals surface area contributed by atoms with E-state index < -0.39 is 0 Å². The van der Waals surface area contributed by atoms with Gasteiger partial charge in [0.25, 0.3) is 0 Å². The lowest BCUT2D eigenvalue weighted by Crippen LogP contribution is -2.40. The maximum absolute atomic E-state index is 11.6. The van der Waals surface area contributed by atoms with Gasteiger partial charge < -0.3 is 20.3 Å². The number of likely N-dealkylation sites (N-methyl/N-ethyl adjacent to an activating group) is 1. The maximum atomic E-state index is 11.6. The lowest BCUT2D eigenvalue weighted by atomic mass is 10.2. The molecule has 128 valence electrons. The highest BCUT2D eigenvalue weighted by Crippen LogP contribution is 1.93. The molecule has 0 saturated heterocycles. The lowest BCUT2D eigenvalue weighted by Gasteiger charge is -2.14. The molecule has 22 heavy (non-hydrogen) atoms. The van der Waals surface area contributed by atoms with Crippen molar-refractivity contribution in [2.24, 2.45) is 10.9 Å². The van der Waals surface area contributed by atoms with Crippen LogP contribution in [0, 0.1) is 5.92 Å². The van der Waals surface area contributed by atoms with Crippen molar-refractivity contribution in [3.63, 3.8) is 0 Å². The average Bonchev–Trinajstić information content (AvgIpc) is 2.43. The van der Waals surface area contributed by atoms with Gasteiger partial charge in [-0.1, -0.05) is 26.0 Å². The van der Waals surface area contributed by atoms with Gasteiger partial charge >= 0.3 is 0 Å². The highest BCUT2D eigenvalue weighted by atomic mass is 16.5. The molecule has 2 N–H and O–H groups in total. The molecule has 6 nitrogen and oxygen atoms in total. The molecule has 0 aliphatic rings. The first-order chi connectivity index (χ1) is 10.3. The van der Waals surface area contributed by atoms with Crippen molar-refractivity contribution in [2.75, 3.05) is 46.9 Å². The fraction of sp³-hybridized carbons (Fsp3) is 0.750. The number of guanidine groups is 1. The maximum Gasteiger partial charge on any atom is 0.243 e. The van der Waals surface area contributed by atoms with Gasteiger partial charge in [-0.2, -0.15) is 0 Å². The number of amides is 1. The largest absolute Gasteiger partial charge is 0.381 e. The van der Waals surface area contributed by atoms with Gasteiger partial charge in [0.1, 0.15) is 6.54 Å². The Hall–Kier alpha value is -1.56. The number of rotatable bonds is 10. The first-order valence-corrected chi connectivity index (χ1v) is 7.77. The van der Waals surface area contributed by atoms with Crippen LogP contribution in [0.2, 0.25) is 0 Å². The Kier molecular flexibility index (Phi) is 11.2. The van der Waals surface area contributed by atoms with Gasteiger partial charge in [-0.05, 0) is 19.3 Å². The molecule has 0 atom stereocenters. The molecule has 0 fully saturated rings. The summed E-state index contributed by atoms with van der Waals surface area (Å²) in [6.45, 7) is 13.1.